The third kappa shape index (κ3) is 2.35. The lowest BCUT2D eigenvalue weighted by Crippen LogP contribution is -2.37. The molecule has 20 heavy (non-hydrogen) atoms. The van der Waals surface area contributed by atoms with Gasteiger partial charge < -0.3 is 14.8 Å². The third-order valence-corrected chi connectivity index (χ3v) is 3.44. The van der Waals surface area contributed by atoms with E-state index in [9.17, 15) is 9.59 Å². The molecule has 0 saturated carbocycles. The van der Waals surface area contributed by atoms with E-state index in [1.165, 1.54) is 0 Å². The highest BCUT2D eigenvalue weighted by atomic mass is 16.5. The Balaban J connectivity index is 2.39. The molecule has 2 rings (SSSR count). The van der Waals surface area contributed by atoms with Crippen LogP contribution in [-0.2, 0) is 21.4 Å². The first kappa shape index (κ1) is 14.4. The number of nitrogens with one attached hydrogen (secondary N) is 1. The molecule has 2 heterocycles. The summed E-state index contributed by atoms with van der Waals surface area (Å²) in [4.78, 5) is 23.7. The van der Waals surface area contributed by atoms with Gasteiger partial charge in [-0.15, -0.1) is 0 Å². The number of hydrogen-bond donors (Lipinski definition) is 1. The minimum absolute atomic E-state index is 0.168. The van der Waals surface area contributed by atoms with Gasteiger partial charge in [0, 0.05) is 24.9 Å². The minimum atomic E-state index is -0.681. The molecule has 1 amide bonds. The van der Waals surface area contributed by atoms with E-state index in [1.54, 1.807) is 25.8 Å². The molecule has 7 nitrogen and oxygen atoms in total. The number of carbonyl (C=O) groups is 2. The minimum Gasteiger partial charge on any atom is -0.481 e. The molecule has 1 aliphatic rings. The highest BCUT2D eigenvalue weighted by Gasteiger charge is 2.42. The maximum atomic E-state index is 12.0. The van der Waals surface area contributed by atoms with Gasteiger partial charge in [-0.3, -0.25) is 4.79 Å². The summed E-state index contributed by atoms with van der Waals surface area (Å²) in [6.07, 6.45) is 0.229. The molecule has 7 heteroatoms. The maximum Gasteiger partial charge on any atom is 0.329 e. The van der Waals surface area contributed by atoms with Gasteiger partial charge in [0.1, 0.15) is 6.04 Å². The van der Waals surface area contributed by atoms with Crippen LogP contribution in [-0.4, -0.2) is 41.4 Å². The molecule has 2 atom stereocenters. The molecule has 0 aliphatic carbocycles. The summed E-state index contributed by atoms with van der Waals surface area (Å²) in [7, 11) is 3.31. The summed E-state index contributed by atoms with van der Waals surface area (Å²) in [5.74, 6) is -0.337. The fourth-order valence-electron chi connectivity index (χ4n) is 2.70. The number of aryl methyl sites for hydroxylation is 2. The van der Waals surface area contributed by atoms with E-state index in [0.717, 1.165) is 11.3 Å². The highest BCUT2D eigenvalue weighted by molar-refractivity contribution is 5.90. The third-order valence-electron chi connectivity index (χ3n) is 3.44. The molecule has 1 aromatic rings. The van der Waals surface area contributed by atoms with Crippen LogP contribution in [0.4, 0.5) is 0 Å². The molecule has 1 saturated heterocycles. The Hall–Kier alpha value is -2.05. The van der Waals surface area contributed by atoms with Crippen molar-refractivity contribution in [3.8, 4) is 5.88 Å². The van der Waals surface area contributed by atoms with Crippen LogP contribution in [0.3, 0.4) is 0 Å². The average Bonchev–Trinajstić information content (AvgIpc) is 2.89. The van der Waals surface area contributed by atoms with Crippen molar-refractivity contribution < 1.29 is 19.1 Å². The Morgan fingerprint density at radius 2 is 2.25 bits per heavy atom. The normalized spacial score (nSPS) is 21.7. The summed E-state index contributed by atoms with van der Waals surface area (Å²) < 4.78 is 12.0. The van der Waals surface area contributed by atoms with Crippen LogP contribution >= 0.6 is 0 Å². The van der Waals surface area contributed by atoms with E-state index in [1.807, 2.05) is 6.92 Å². The molecular weight excluding hydrogens is 262 g/mol. The molecule has 1 aliphatic heterocycles. The summed E-state index contributed by atoms with van der Waals surface area (Å²) in [5, 5.41) is 6.96. The number of methoxy groups -OCH3 is 1. The fraction of sp³-hybridized carbons (Fsp3) is 0.615. The van der Waals surface area contributed by atoms with Gasteiger partial charge in [0.05, 0.1) is 19.4 Å². The van der Waals surface area contributed by atoms with Crippen molar-refractivity contribution in [3.63, 3.8) is 0 Å². The van der Waals surface area contributed by atoms with Crippen LogP contribution in [0.5, 0.6) is 5.88 Å². The summed E-state index contributed by atoms with van der Waals surface area (Å²) in [6.45, 7) is 3.85. The largest absolute Gasteiger partial charge is 0.481 e. The topological polar surface area (TPSA) is 82.5 Å². The number of ether oxygens (including phenoxy) is 2. The lowest BCUT2D eigenvalue weighted by atomic mass is 9.92. The van der Waals surface area contributed by atoms with Gasteiger partial charge in [-0.1, -0.05) is 0 Å². The Morgan fingerprint density at radius 3 is 2.85 bits per heavy atom. The number of amides is 1. The summed E-state index contributed by atoms with van der Waals surface area (Å²) in [5.41, 5.74) is 1.53. The quantitative estimate of drug-likeness (QED) is 0.801. The Labute approximate surface area is 117 Å². The zero-order valence-corrected chi connectivity index (χ0v) is 12.1. The number of hydrogen-bond acceptors (Lipinski definition) is 5. The molecule has 1 fully saturated rings. The van der Waals surface area contributed by atoms with Crippen molar-refractivity contribution in [1.82, 2.24) is 15.1 Å². The molecule has 0 bridgehead atoms. The maximum absolute atomic E-state index is 12.0. The second kappa shape index (κ2) is 5.52. The summed E-state index contributed by atoms with van der Waals surface area (Å²) in [6, 6.07) is -0.681. The smallest absolute Gasteiger partial charge is 0.329 e. The number of rotatable bonds is 4. The molecule has 0 radical (unpaired) electrons. The predicted octanol–water partition coefficient (Wildman–Crippen LogP) is 0.272. The first-order valence-electron chi connectivity index (χ1n) is 6.53. The number of carbonyl (C=O) groups excluding carboxylic acids is 2. The van der Waals surface area contributed by atoms with Gasteiger partial charge in [0.2, 0.25) is 11.8 Å². The number of nitrogens with zero attached hydrogens (tertiary/aromatic N) is 2. The Kier molecular flexibility index (Phi) is 3.96. The SMILES string of the molecule is CCOC(=O)C1NC(=O)CC1c1c(C)nn(C)c1OC. The van der Waals surface area contributed by atoms with Gasteiger partial charge in [0.25, 0.3) is 0 Å². The van der Waals surface area contributed by atoms with Crippen LogP contribution in [0.2, 0.25) is 0 Å². The van der Waals surface area contributed by atoms with E-state index >= 15 is 0 Å². The predicted molar refractivity (Wildman–Crippen MR) is 70.4 cm³/mol. The van der Waals surface area contributed by atoms with E-state index in [0.29, 0.717) is 5.88 Å². The van der Waals surface area contributed by atoms with Crippen molar-refractivity contribution >= 4 is 11.9 Å². The first-order chi connectivity index (χ1) is 9.49. The number of aromatic nitrogens is 2. The molecule has 2 unspecified atom stereocenters. The molecule has 1 N–H and O–H groups in total. The van der Waals surface area contributed by atoms with Gasteiger partial charge in [-0.25, -0.2) is 9.48 Å². The van der Waals surface area contributed by atoms with Crippen LogP contribution in [0.25, 0.3) is 0 Å². The van der Waals surface area contributed by atoms with Gasteiger partial charge in [-0.2, -0.15) is 5.10 Å². The zero-order valence-electron chi connectivity index (χ0n) is 12.1. The van der Waals surface area contributed by atoms with E-state index in [4.69, 9.17) is 9.47 Å². The Morgan fingerprint density at radius 1 is 1.55 bits per heavy atom. The Bertz CT molecular complexity index is 538. The van der Waals surface area contributed by atoms with Crippen molar-refractivity contribution in [2.24, 2.45) is 7.05 Å². The average molecular weight is 281 g/mol. The molecule has 1 aromatic heterocycles. The van der Waals surface area contributed by atoms with E-state index in [-0.39, 0.29) is 24.9 Å². The van der Waals surface area contributed by atoms with Gasteiger partial charge in [-0.05, 0) is 13.8 Å². The van der Waals surface area contributed by atoms with Crippen molar-refractivity contribution in [2.45, 2.75) is 32.2 Å². The number of esters is 1. The lowest BCUT2D eigenvalue weighted by Gasteiger charge is -2.18. The van der Waals surface area contributed by atoms with Gasteiger partial charge >= 0.3 is 5.97 Å². The molecule has 0 spiro atoms. The van der Waals surface area contributed by atoms with Gasteiger partial charge in [0.15, 0.2) is 0 Å². The second-order valence-corrected chi connectivity index (χ2v) is 4.74. The van der Waals surface area contributed by atoms with Crippen LogP contribution in [0.1, 0.15) is 30.5 Å². The van der Waals surface area contributed by atoms with Crippen LogP contribution in [0, 0.1) is 6.92 Å². The van der Waals surface area contributed by atoms with Crippen LogP contribution in [0.15, 0.2) is 0 Å². The second-order valence-electron chi connectivity index (χ2n) is 4.74. The first-order valence-corrected chi connectivity index (χ1v) is 6.53. The lowest BCUT2D eigenvalue weighted by molar-refractivity contribution is -0.146. The molecule has 0 aromatic carbocycles. The highest BCUT2D eigenvalue weighted by Crippen LogP contribution is 2.37. The van der Waals surface area contributed by atoms with Crippen molar-refractivity contribution in [2.75, 3.05) is 13.7 Å². The molecule has 110 valence electrons. The fourth-order valence-corrected chi connectivity index (χ4v) is 2.70. The van der Waals surface area contributed by atoms with Crippen molar-refractivity contribution in [1.29, 1.82) is 0 Å². The van der Waals surface area contributed by atoms with Crippen LogP contribution < -0.4 is 10.1 Å². The summed E-state index contributed by atoms with van der Waals surface area (Å²) >= 11 is 0. The van der Waals surface area contributed by atoms with E-state index in [2.05, 4.69) is 10.4 Å². The monoisotopic (exact) mass is 281 g/mol. The van der Waals surface area contributed by atoms with Crippen molar-refractivity contribution in [3.05, 3.63) is 11.3 Å². The van der Waals surface area contributed by atoms with E-state index < -0.39 is 12.0 Å². The zero-order chi connectivity index (χ0) is 14.9. The molecular formula is C13H19N3O4. The standard InChI is InChI=1S/C13H19N3O4/c1-5-20-13(18)11-8(6-9(17)14-11)10-7(2)15-16(3)12(10)19-4/h8,11H,5-6H2,1-4H3,(H,14,17).